The van der Waals surface area contributed by atoms with Crippen molar-refractivity contribution in [3.8, 4) is 11.5 Å². The minimum atomic E-state index is 0.158. The maximum absolute atomic E-state index is 11.7. The van der Waals surface area contributed by atoms with E-state index in [9.17, 15) is 4.79 Å². The third kappa shape index (κ3) is 9.34. The quantitative estimate of drug-likeness (QED) is 0.360. The van der Waals surface area contributed by atoms with Crippen molar-refractivity contribution in [1.82, 2.24) is 9.80 Å². The van der Waals surface area contributed by atoms with E-state index in [4.69, 9.17) is 9.47 Å². The fraction of sp³-hybridized carbons (Fsp3) is 0.654. The van der Waals surface area contributed by atoms with Gasteiger partial charge in [0.15, 0.2) is 0 Å². The lowest BCUT2D eigenvalue weighted by Crippen LogP contribution is -2.34. The molecule has 0 N–H and O–H groups in total. The van der Waals surface area contributed by atoms with Gasteiger partial charge in [0.05, 0.1) is 18.8 Å². The Labute approximate surface area is 190 Å². The number of amides is 1. The van der Waals surface area contributed by atoms with E-state index in [1.807, 2.05) is 25.7 Å². The zero-order valence-corrected chi connectivity index (χ0v) is 20.9. The number of rotatable bonds is 15. The summed E-state index contributed by atoms with van der Waals surface area (Å²) in [7, 11) is 0. The van der Waals surface area contributed by atoms with Crippen molar-refractivity contribution in [2.75, 3.05) is 39.4 Å². The standard InChI is InChI=1S/C26H44N2O3/c1-8-13-14-24-25(30-11-4)17-23(18-26(24)31-12-5)20-27(9-2)16-15-21(6)19-28(10-3)22(7)29/h13-14,17-18,21H,8-12,15-16,19-20H2,1-7H3/b14-13+. The summed E-state index contributed by atoms with van der Waals surface area (Å²) in [6, 6.07) is 4.31. The monoisotopic (exact) mass is 432 g/mol. The van der Waals surface area contributed by atoms with Crippen LogP contribution in [0.2, 0.25) is 0 Å². The fourth-order valence-corrected chi connectivity index (χ4v) is 3.65. The van der Waals surface area contributed by atoms with Gasteiger partial charge in [0.25, 0.3) is 0 Å². The molecular weight excluding hydrogens is 388 g/mol. The molecule has 1 rings (SSSR count). The average molecular weight is 433 g/mol. The van der Waals surface area contributed by atoms with Gasteiger partial charge >= 0.3 is 0 Å². The Kier molecular flexibility index (Phi) is 13.0. The molecule has 0 radical (unpaired) electrons. The van der Waals surface area contributed by atoms with E-state index in [1.165, 1.54) is 5.56 Å². The van der Waals surface area contributed by atoms with E-state index in [2.05, 4.69) is 50.0 Å². The maximum Gasteiger partial charge on any atom is 0.219 e. The average Bonchev–Trinajstić information content (AvgIpc) is 2.74. The smallest absolute Gasteiger partial charge is 0.219 e. The molecule has 0 aliphatic rings. The highest BCUT2D eigenvalue weighted by molar-refractivity contribution is 5.73. The van der Waals surface area contributed by atoms with Gasteiger partial charge < -0.3 is 14.4 Å². The van der Waals surface area contributed by atoms with Crippen LogP contribution in [-0.4, -0.2) is 55.1 Å². The predicted octanol–water partition coefficient (Wildman–Crippen LogP) is 5.62. The van der Waals surface area contributed by atoms with E-state index in [-0.39, 0.29) is 5.91 Å². The number of hydrogen-bond acceptors (Lipinski definition) is 4. The van der Waals surface area contributed by atoms with Gasteiger partial charge in [0.2, 0.25) is 5.91 Å². The van der Waals surface area contributed by atoms with Crippen LogP contribution in [0.25, 0.3) is 6.08 Å². The van der Waals surface area contributed by atoms with E-state index in [0.29, 0.717) is 19.1 Å². The summed E-state index contributed by atoms with van der Waals surface area (Å²) in [4.78, 5) is 16.1. The van der Waals surface area contributed by atoms with Crippen LogP contribution in [0.4, 0.5) is 0 Å². The van der Waals surface area contributed by atoms with Crippen LogP contribution in [0.1, 0.15) is 72.4 Å². The van der Waals surface area contributed by atoms with Gasteiger partial charge in [-0.25, -0.2) is 0 Å². The molecule has 0 fully saturated rings. The van der Waals surface area contributed by atoms with Crippen LogP contribution in [-0.2, 0) is 11.3 Å². The van der Waals surface area contributed by atoms with E-state index in [0.717, 1.165) is 62.6 Å². The van der Waals surface area contributed by atoms with Crippen LogP contribution < -0.4 is 9.47 Å². The van der Waals surface area contributed by atoms with Crippen molar-refractivity contribution < 1.29 is 14.3 Å². The van der Waals surface area contributed by atoms with Crippen LogP contribution in [0, 0.1) is 5.92 Å². The number of allylic oxidation sites excluding steroid dienone is 1. The Morgan fingerprint density at radius 3 is 2.10 bits per heavy atom. The van der Waals surface area contributed by atoms with Crippen molar-refractivity contribution >= 4 is 12.0 Å². The third-order valence-electron chi connectivity index (χ3n) is 5.43. The van der Waals surface area contributed by atoms with Gasteiger partial charge in [0, 0.05) is 26.6 Å². The third-order valence-corrected chi connectivity index (χ3v) is 5.43. The Hall–Kier alpha value is -2.01. The Balaban J connectivity index is 2.94. The van der Waals surface area contributed by atoms with Crippen molar-refractivity contribution in [2.45, 2.75) is 67.9 Å². The van der Waals surface area contributed by atoms with Crippen LogP contribution in [0.3, 0.4) is 0 Å². The maximum atomic E-state index is 11.7. The van der Waals surface area contributed by atoms with E-state index >= 15 is 0 Å². The first kappa shape index (κ1) is 27.0. The number of carbonyl (C=O) groups excluding carboxylic acids is 1. The molecule has 1 aromatic carbocycles. The number of ether oxygens (including phenoxy) is 2. The first-order valence-corrected chi connectivity index (χ1v) is 12.0. The van der Waals surface area contributed by atoms with Gasteiger partial charge in [-0.05, 0) is 70.3 Å². The highest BCUT2D eigenvalue weighted by Crippen LogP contribution is 2.33. The van der Waals surface area contributed by atoms with Crippen LogP contribution in [0.15, 0.2) is 18.2 Å². The van der Waals surface area contributed by atoms with E-state index in [1.54, 1.807) is 6.92 Å². The lowest BCUT2D eigenvalue weighted by Gasteiger charge is -2.26. The van der Waals surface area contributed by atoms with E-state index < -0.39 is 0 Å². The number of hydrogen-bond donors (Lipinski definition) is 0. The molecular formula is C26H44N2O3. The molecule has 0 spiro atoms. The SMILES string of the molecule is CC/C=C/c1c(OCC)cc(CN(CC)CCC(C)CN(CC)C(C)=O)cc1OCC. The molecule has 176 valence electrons. The minimum absolute atomic E-state index is 0.158. The first-order chi connectivity index (χ1) is 14.9. The van der Waals surface area contributed by atoms with Gasteiger partial charge in [-0.3, -0.25) is 9.69 Å². The molecule has 0 aromatic heterocycles. The largest absolute Gasteiger partial charge is 0.493 e. The topological polar surface area (TPSA) is 42.0 Å². The summed E-state index contributed by atoms with van der Waals surface area (Å²) in [6.07, 6.45) is 6.28. The van der Waals surface area contributed by atoms with Crippen LogP contribution >= 0.6 is 0 Å². The molecule has 5 nitrogen and oxygen atoms in total. The Bertz CT molecular complexity index is 660. The normalized spacial score (nSPS) is 12.4. The molecule has 0 aliphatic heterocycles. The summed E-state index contributed by atoms with van der Waals surface area (Å²) < 4.78 is 11.9. The highest BCUT2D eigenvalue weighted by Gasteiger charge is 2.15. The predicted molar refractivity (Wildman–Crippen MR) is 131 cm³/mol. The molecule has 0 saturated carbocycles. The zero-order chi connectivity index (χ0) is 23.2. The molecule has 31 heavy (non-hydrogen) atoms. The van der Waals surface area contributed by atoms with Crippen molar-refractivity contribution in [1.29, 1.82) is 0 Å². The summed E-state index contributed by atoms with van der Waals surface area (Å²) in [5.74, 6) is 2.40. The molecule has 1 aromatic rings. The number of benzene rings is 1. The van der Waals surface area contributed by atoms with Gasteiger partial charge in [-0.15, -0.1) is 0 Å². The van der Waals surface area contributed by atoms with Gasteiger partial charge in [-0.1, -0.05) is 32.9 Å². The molecule has 1 atom stereocenters. The lowest BCUT2D eigenvalue weighted by molar-refractivity contribution is -0.129. The molecule has 5 heteroatoms. The van der Waals surface area contributed by atoms with Gasteiger partial charge in [0.1, 0.15) is 11.5 Å². The summed E-state index contributed by atoms with van der Waals surface area (Å²) in [5.41, 5.74) is 2.23. The first-order valence-electron chi connectivity index (χ1n) is 12.0. The number of nitrogens with zero attached hydrogens (tertiary/aromatic N) is 2. The Morgan fingerprint density at radius 2 is 1.65 bits per heavy atom. The van der Waals surface area contributed by atoms with Crippen molar-refractivity contribution in [3.63, 3.8) is 0 Å². The second kappa shape index (κ2) is 14.9. The number of carbonyl (C=O) groups is 1. The van der Waals surface area contributed by atoms with Crippen LogP contribution in [0.5, 0.6) is 11.5 Å². The molecule has 0 heterocycles. The second-order valence-electron chi connectivity index (χ2n) is 8.00. The molecule has 1 unspecified atom stereocenters. The fourth-order valence-electron chi connectivity index (χ4n) is 3.65. The van der Waals surface area contributed by atoms with Crippen molar-refractivity contribution in [2.24, 2.45) is 5.92 Å². The molecule has 0 saturated heterocycles. The molecule has 0 bridgehead atoms. The Morgan fingerprint density at radius 1 is 1.03 bits per heavy atom. The zero-order valence-electron chi connectivity index (χ0n) is 20.9. The summed E-state index contributed by atoms with van der Waals surface area (Å²) in [6.45, 7) is 20.0. The van der Waals surface area contributed by atoms with Crippen molar-refractivity contribution in [3.05, 3.63) is 29.3 Å². The lowest BCUT2D eigenvalue weighted by atomic mass is 10.0. The molecule has 1 amide bonds. The summed E-state index contributed by atoms with van der Waals surface area (Å²) in [5, 5.41) is 0. The highest BCUT2D eigenvalue weighted by atomic mass is 16.5. The minimum Gasteiger partial charge on any atom is -0.493 e. The van der Waals surface area contributed by atoms with Gasteiger partial charge in [-0.2, -0.15) is 0 Å². The molecule has 0 aliphatic carbocycles. The summed E-state index contributed by atoms with van der Waals surface area (Å²) >= 11 is 0. The second-order valence-corrected chi connectivity index (χ2v) is 8.00.